The number of halogens is 7. The Hall–Kier alpha value is -3.71. The zero-order valence-corrected chi connectivity index (χ0v) is 22.4. The minimum absolute atomic E-state index is 0.0294. The van der Waals surface area contributed by atoms with Crippen LogP contribution in [0.5, 0.6) is 0 Å². The van der Waals surface area contributed by atoms with Gasteiger partial charge in [0.1, 0.15) is 11.5 Å². The fraction of sp³-hybridized carbons (Fsp3) is 0.462. The van der Waals surface area contributed by atoms with E-state index in [1.165, 1.54) is 27.1 Å². The standard InChI is InChI=1S/C26H31F7N6O/c1-5-7-20(36-11-17(27)6-2)18(12-35-4)22(34)24(40)39-14-25(29,30)9-15(3)21(39)13-38-23-19(28)8-16(10-37-23)26(31,32)33/h6-8,10-12,15,21H,5,9,13-14,34H2,1-4H3,(H,37,38)/b17-6+,20-7+,22-18?,35-12?,36-11+. The van der Waals surface area contributed by atoms with E-state index in [1.807, 2.05) is 0 Å². The number of hydrogen-bond acceptors (Lipinski definition) is 6. The Kier molecular flexibility index (Phi) is 11.0. The number of carbonyl (C=O) groups is 1. The van der Waals surface area contributed by atoms with Gasteiger partial charge in [0, 0.05) is 38.0 Å². The molecule has 220 valence electrons. The molecule has 1 aliphatic rings. The summed E-state index contributed by atoms with van der Waals surface area (Å²) in [6.07, 6.45) is 0.220. The molecule has 3 N–H and O–H groups in total. The van der Waals surface area contributed by atoms with Crippen molar-refractivity contribution in [3.05, 3.63) is 58.6 Å². The van der Waals surface area contributed by atoms with Crippen LogP contribution in [0.1, 0.15) is 39.2 Å². The third kappa shape index (κ3) is 8.39. The summed E-state index contributed by atoms with van der Waals surface area (Å²) in [5.41, 5.74) is 4.43. The largest absolute Gasteiger partial charge is 0.417 e. The fourth-order valence-corrected chi connectivity index (χ4v) is 4.11. The molecule has 1 aromatic heterocycles. The Balaban J connectivity index is 2.47. The number of aromatic nitrogens is 1. The molecule has 0 radical (unpaired) electrons. The molecular weight excluding hydrogens is 545 g/mol. The van der Waals surface area contributed by atoms with E-state index in [2.05, 4.69) is 20.3 Å². The van der Waals surface area contributed by atoms with Crippen LogP contribution in [0.25, 0.3) is 0 Å². The van der Waals surface area contributed by atoms with Crippen molar-refractivity contribution in [1.82, 2.24) is 9.88 Å². The van der Waals surface area contributed by atoms with Crippen molar-refractivity contribution in [1.29, 1.82) is 0 Å². The first-order valence-corrected chi connectivity index (χ1v) is 12.3. The van der Waals surface area contributed by atoms with Crippen LogP contribution in [0.4, 0.5) is 36.6 Å². The highest BCUT2D eigenvalue weighted by Crippen LogP contribution is 2.36. The Morgan fingerprint density at radius 3 is 2.55 bits per heavy atom. The van der Waals surface area contributed by atoms with E-state index in [0.29, 0.717) is 12.6 Å². The summed E-state index contributed by atoms with van der Waals surface area (Å²) in [5, 5.41) is 2.52. The van der Waals surface area contributed by atoms with E-state index in [9.17, 15) is 35.5 Å². The second kappa shape index (κ2) is 13.6. The van der Waals surface area contributed by atoms with Crippen molar-refractivity contribution in [2.45, 2.75) is 51.8 Å². The molecule has 2 heterocycles. The molecule has 0 spiro atoms. The van der Waals surface area contributed by atoms with Gasteiger partial charge in [-0.15, -0.1) is 0 Å². The SMILES string of the molecule is C\C=C(F)/C=N/C(=C/CC)C(C=NC)=C(N)C(=O)N1CC(F)(F)CC(C)C1CNc1ncc(C(F)(F)F)cc1F. The van der Waals surface area contributed by atoms with Crippen molar-refractivity contribution >= 4 is 24.2 Å². The van der Waals surface area contributed by atoms with E-state index in [-0.39, 0.29) is 23.9 Å². The Labute approximate surface area is 227 Å². The summed E-state index contributed by atoms with van der Waals surface area (Å²) < 4.78 is 95.8. The number of anilines is 1. The summed E-state index contributed by atoms with van der Waals surface area (Å²) in [6, 6.07) is -0.719. The predicted octanol–water partition coefficient (Wildman–Crippen LogP) is 5.68. The highest BCUT2D eigenvalue weighted by molar-refractivity contribution is 6.02. The predicted molar refractivity (Wildman–Crippen MR) is 139 cm³/mol. The molecule has 1 aliphatic heterocycles. The number of amides is 1. The van der Waals surface area contributed by atoms with E-state index in [4.69, 9.17) is 5.73 Å². The zero-order valence-electron chi connectivity index (χ0n) is 22.4. The molecule has 2 atom stereocenters. The van der Waals surface area contributed by atoms with Crippen LogP contribution < -0.4 is 11.1 Å². The summed E-state index contributed by atoms with van der Waals surface area (Å²) >= 11 is 0. The number of nitrogens with zero attached hydrogens (tertiary/aromatic N) is 4. The van der Waals surface area contributed by atoms with Crippen LogP contribution in [-0.2, 0) is 11.0 Å². The lowest BCUT2D eigenvalue weighted by Crippen LogP contribution is -2.58. The summed E-state index contributed by atoms with van der Waals surface area (Å²) in [7, 11) is 1.38. The molecule has 14 heteroatoms. The fourth-order valence-electron chi connectivity index (χ4n) is 4.11. The third-order valence-electron chi connectivity index (χ3n) is 6.04. The molecule has 1 fully saturated rings. The Bertz CT molecular complexity index is 1220. The lowest BCUT2D eigenvalue weighted by Gasteiger charge is -2.43. The number of allylic oxidation sites excluding steroid dienone is 4. The zero-order chi connectivity index (χ0) is 30.3. The van der Waals surface area contributed by atoms with Gasteiger partial charge in [-0.3, -0.25) is 14.8 Å². The number of hydrogen-bond donors (Lipinski definition) is 2. The Morgan fingerprint density at radius 2 is 2.00 bits per heavy atom. The van der Waals surface area contributed by atoms with E-state index in [0.717, 1.165) is 17.2 Å². The normalized spacial score (nSPS) is 21.2. The number of nitrogens with one attached hydrogen (secondary N) is 1. The topological polar surface area (TPSA) is 96.0 Å². The van der Waals surface area contributed by atoms with Gasteiger partial charge in [0.2, 0.25) is 0 Å². The maximum absolute atomic E-state index is 14.6. The van der Waals surface area contributed by atoms with Crippen LogP contribution in [-0.4, -0.2) is 60.3 Å². The second-order valence-electron chi connectivity index (χ2n) is 9.11. The molecule has 0 aliphatic carbocycles. The molecule has 1 saturated heterocycles. The minimum Gasteiger partial charge on any atom is -0.394 e. The average molecular weight is 577 g/mol. The van der Waals surface area contributed by atoms with Crippen molar-refractivity contribution in [3.8, 4) is 0 Å². The molecule has 0 saturated carbocycles. The number of nitrogens with two attached hydrogens (primary N) is 1. The molecule has 2 unspecified atom stereocenters. The minimum atomic E-state index is -4.81. The first-order chi connectivity index (χ1) is 18.6. The van der Waals surface area contributed by atoms with Gasteiger partial charge < -0.3 is 16.0 Å². The van der Waals surface area contributed by atoms with Gasteiger partial charge in [0.25, 0.3) is 11.8 Å². The van der Waals surface area contributed by atoms with Gasteiger partial charge in [-0.05, 0) is 25.3 Å². The molecule has 7 nitrogen and oxygen atoms in total. The number of aliphatic imine (C=N–C) groups is 2. The summed E-state index contributed by atoms with van der Waals surface area (Å²) in [6.45, 7) is 3.32. The Morgan fingerprint density at radius 1 is 1.32 bits per heavy atom. The van der Waals surface area contributed by atoms with Crippen LogP contribution in [0.15, 0.2) is 57.2 Å². The van der Waals surface area contributed by atoms with Crippen molar-refractivity contribution in [2.75, 3.05) is 25.5 Å². The van der Waals surface area contributed by atoms with E-state index >= 15 is 0 Å². The summed E-state index contributed by atoms with van der Waals surface area (Å²) in [5.74, 6) is -7.63. The van der Waals surface area contributed by atoms with Gasteiger partial charge in [-0.25, -0.2) is 22.5 Å². The number of carbonyl (C=O) groups excluding carboxylic acids is 1. The lowest BCUT2D eigenvalue weighted by atomic mass is 9.88. The van der Waals surface area contributed by atoms with Gasteiger partial charge in [-0.2, -0.15) is 13.2 Å². The number of piperidine rings is 1. The molecule has 40 heavy (non-hydrogen) atoms. The maximum atomic E-state index is 14.6. The van der Waals surface area contributed by atoms with Crippen LogP contribution in [0, 0.1) is 11.7 Å². The van der Waals surface area contributed by atoms with E-state index in [1.54, 1.807) is 13.0 Å². The number of likely N-dealkylation sites (tertiary alicyclic amines) is 1. The van der Waals surface area contributed by atoms with Crippen molar-refractivity contribution < 1.29 is 35.5 Å². The van der Waals surface area contributed by atoms with Gasteiger partial charge in [-0.1, -0.05) is 26.0 Å². The molecule has 2 rings (SSSR count). The lowest BCUT2D eigenvalue weighted by molar-refractivity contribution is -0.148. The highest BCUT2D eigenvalue weighted by atomic mass is 19.4. The van der Waals surface area contributed by atoms with Gasteiger partial charge in [0.05, 0.1) is 30.1 Å². The van der Waals surface area contributed by atoms with Crippen LogP contribution in [0.2, 0.25) is 0 Å². The molecule has 0 aromatic carbocycles. The first-order valence-electron chi connectivity index (χ1n) is 12.3. The average Bonchev–Trinajstić information content (AvgIpc) is 2.87. The number of pyridine rings is 1. The molecule has 1 aromatic rings. The van der Waals surface area contributed by atoms with Crippen molar-refractivity contribution in [2.24, 2.45) is 21.6 Å². The van der Waals surface area contributed by atoms with Crippen molar-refractivity contribution in [3.63, 3.8) is 0 Å². The quantitative estimate of drug-likeness (QED) is 0.171. The van der Waals surface area contributed by atoms with Crippen LogP contribution >= 0.6 is 0 Å². The third-order valence-corrected chi connectivity index (χ3v) is 6.04. The molecule has 1 amide bonds. The second-order valence-corrected chi connectivity index (χ2v) is 9.11. The number of rotatable bonds is 9. The highest BCUT2D eigenvalue weighted by Gasteiger charge is 2.46. The first kappa shape index (κ1) is 32.5. The van der Waals surface area contributed by atoms with Gasteiger partial charge >= 0.3 is 6.18 Å². The van der Waals surface area contributed by atoms with Crippen LogP contribution in [0.3, 0.4) is 0 Å². The smallest absolute Gasteiger partial charge is 0.394 e. The number of alkyl halides is 5. The maximum Gasteiger partial charge on any atom is 0.417 e. The van der Waals surface area contributed by atoms with Gasteiger partial charge in [0.15, 0.2) is 11.6 Å². The monoisotopic (exact) mass is 576 g/mol. The summed E-state index contributed by atoms with van der Waals surface area (Å²) in [4.78, 5) is 25.7. The molecular formula is C26H31F7N6O. The molecule has 0 bridgehead atoms. The van der Waals surface area contributed by atoms with E-state index < -0.39 is 71.7 Å².